The summed E-state index contributed by atoms with van der Waals surface area (Å²) in [5.74, 6) is 0.760. The molecule has 1 aromatic carbocycles. The monoisotopic (exact) mass is 351 g/mol. The summed E-state index contributed by atoms with van der Waals surface area (Å²) in [5.41, 5.74) is 0.953. The SMILES string of the molecule is Cc1cc(OC(C)C(=O)N2CCC(N3CCNCC3)C2)ccc1Cl. The second kappa shape index (κ2) is 7.72. The average Bonchev–Trinajstić information content (AvgIpc) is 3.08. The van der Waals surface area contributed by atoms with E-state index >= 15 is 0 Å². The maximum absolute atomic E-state index is 12.7. The molecule has 1 N–H and O–H groups in total. The molecule has 132 valence electrons. The van der Waals surface area contributed by atoms with Gasteiger partial charge in [-0.05, 0) is 44.0 Å². The zero-order valence-electron chi connectivity index (χ0n) is 14.4. The summed E-state index contributed by atoms with van der Waals surface area (Å²) in [6.45, 7) is 9.61. The Kier molecular flexibility index (Phi) is 5.64. The van der Waals surface area contributed by atoms with Crippen LogP contribution in [0.4, 0.5) is 0 Å². The molecule has 2 aliphatic heterocycles. The predicted octanol–water partition coefficient (Wildman–Crippen LogP) is 1.92. The van der Waals surface area contributed by atoms with Gasteiger partial charge < -0.3 is 15.0 Å². The summed E-state index contributed by atoms with van der Waals surface area (Å²) < 4.78 is 5.83. The van der Waals surface area contributed by atoms with Gasteiger partial charge in [-0.1, -0.05) is 11.6 Å². The molecule has 0 aromatic heterocycles. The van der Waals surface area contributed by atoms with Gasteiger partial charge in [0.25, 0.3) is 5.91 Å². The van der Waals surface area contributed by atoms with Crippen molar-refractivity contribution in [2.75, 3.05) is 39.3 Å². The van der Waals surface area contributed by atoms with Crippen LogP contribution >= 0.6 is 11.6 Å². The van der Waals surface area contributed by atoms with Crippen LogP contribution in [0.3, 0.4) is 0 Å². The first-order chi connectivity index (χ1) is 11.5. The molecule has 0 aliphatic carbocycles. The number of nitrogens with zero attached hydrogens (tertiary/aromatic N) is 2. The Labute approximate surface area is 148 Å². The van der Waals surface area contributed by atoms with Crippen molar-refractivity contribution in [3.8, 4) is 5.75 Å². The Morgan fingerprint density at radius 2 is 2.08 bits per heavy atom. The van der Waals surface area contributed by atoms with E-state index in [1.165, 1.54) is 0 Å². The number of nitrogens with one attached hydrogen (secondary N) is 1. The highest BCUT2D eigenvalue weighted by atomic mass is 35.5. The van der Waals surface area contributed by atoms with E-state index in [4.69, 9.17) is 16.3 Å². The number of likely N-dealkylation sites (tertiary alicyclic amines) is 1. The number of amides is 1. The van der Waals surface area contributed by atoms with Crippen LogP contribution in [0.25, 0.3) is 0 Å². The molecule has 24 heavy (non-hydrogen) atoms. The van der Waals surface area contributed by atoms with Gasteiger partial charge in [-0.25, -0.2) is 0 Å². The van der Waals surface area contributed by atoms with Gasteiger partial charge in [0.15, 0.2) is 6.10 Å². The molecule has 5 nitrogen and oxygen atoms in total. The Morgan fingerprint density at radius 1 is 1.33 bits per heavy atom. The maximum atomic E-state index is 12.7. The quantitative estimate of drug-likeness (QED) is 0.900. The lowest BCUT2D eigenvalue weighted by atomic mass is 10.2. The molecule has 0 saturated carbocycles. The summed E-state index contributed by atoms with van der Waals surface area (Å²) >= 11 is 6.03. The maximum Gasteiger partial charge on any atom is 0.263 e. The first kappa shape index (κ1) is 17.5. The van der Waals surface area contributed by atoms with E-state index in [1.54, 1.807) is 6.07 Å². The minimum Gasteiger partial charge on any atom is -0.481 e. The van der Waals surface area contributed by atoms with Crippen molar-refractivity contribution in [2.24, 2.45) is 0 Å². The molecule has 3 rings (SSSR count). The smallest absolute Gasteiger partial charge is 0.263 e. The molecular weight excluding hydrogens is 326 g/mol. The first-order valence-corrected chi connectivity index (χ1v) is 9.09. The summed E-state index contributed by atoms with van der Waals surface area (Å²) in [4.78, 5) is 17.1. The van der Waals surface area contributed by atoms with Gasteiger partial charge in [-0.2, -0.15) is 0 Å². The van der Waals surface area contributed by atoms with Gasteiger partial charge >= 0.3 is 0 Å². The number of carbonyl (C=O) groups excluding carboxylic acids is 1. The summed E-state index contributed by atoms with van der Waals surface area (Å²) in [6.07, 6.45) is 0.575. The van der Waals surface area contributed by atoms with E-state index < -0.39 is 6.10 Å². The van der Waals surface area contributed by atoms with Gasteiger partial charge in [0.05, 0.1) is 0 Å². The van der Waals surface area contributed by atoms with Crippen molar-refractivity contribution in [3.05, 3.63) is 28.8 Å². The average molecular weight is 352 g/mol. The third kappa shape index (κ3) is 4.02. The molecule has 0 bridgehead atoms. The zero-order valence-corrected chi connectivity index (χ0v) is 15.2. The van der Waals surface area contributed by atoms with Gasteiger partial charge in [-0.3, -0.25) is 9.69 Å². The van der Waals surface area contributed by atoms with Crippen molar-refractivity contribution in [3.63, 3.8) is 0 Å². The third-order valence-electron chi connectivity index (χ3n) is 4.93. The Hall–Kier alpha value is -1.30. The van der Waals surface area contributed by atoms with E-state index in [0.717, 1.165) is 51.3 Å². The van der Waals surface area contributed by atoms with E-state index in [0.29, 0.717) is 16.8 Å². The number of aryl methyl sites for hydroxylation is 1. The van der Waals surface area contributed by atoms with Crippen molar-refractivity contribution >= 4 is 17.5 Å². The Morgan fingerprint density at radius 3 is 2.79 bits per heavy atom. The largest absolute Gasteiger partial charge is 0.481 e. The fourth-order valence-corrected chi connectivity index (χ4v) is 3.61. The van der Waals surface area contributed by atoms with E-state index in [-0.39, 0.29) is 5.91 Å². The zero-order chi connectivity index (χ0) is 17.1. The Balaban J connectivity index is 1.54. The van der Waals surface area contributed by atoms with E-state index in [9.17, 15) is 4.79 Å². The first-order valence-electron chi connectivity index (χ1n) is 8.71. The fraction of sp³-hybridized carbons (Fsp3) is 0.611. The lowest BCUT2D eigenvalue weighted by molar-refractivity contribution is -0.137. The lowest BCUT2D eigenvalue weighted by Gasteiger charge is -2.32. The molecular formula is C18H26ClN3O2. The number of carbonyl (C=O) groups is 1. The van der Waals surface area contributed by atoms with Crippen molar-refractivity contribution in [1.29, 1.82) is 0 Å². The van der Waals surface area contributed by atoms with Crippen LogP contribution < -0.4 is 10.1 Å². The molecule has 1 aromatic rings. The number of hydrogen-bond acceptors (Lipinski definition) is 4. The number of rotatable bonds is 4. The van der Waals surface area contributed by atoms with E-state index in [1.807, 2.05) is 30.9 Å². The molecule has 6 heteroatoms. The van der Waals surface area contributed by atoms with Crippen LogP contribution in [-0.2, 0) is 4.79 Å². The molecule has 2 heterocycles. The van der Waals surface area contributed by atoms with Crippen molar-refractivity contribution in [2.45, 2.75) is 32.4 Å². The second-order valence-electron chi connectivity index (χ2n) is 6.68. The van der Waals surface area contributed by atoms with Gasteiger partial charge in [0, 0.05) is 50.3 Å². The molecule has 2 unspecified atom stereocenters. The van der Waals surface area contributed by atoms with Crippen LogP contribution in [0.15, 0.2) is 18.2 Å². The lowest BCUT2D eigenvalue weighted by Crippen LogP contribution is -2.50. The molecule has 0 radical (unpaired) electrons. The van der Waals surface area contributed by atoms with Gasteiger partial charge in [0.2, 0.25) is 0 Å². The fourth-order valence-electron chi connectivity index (χ4n) is 3.49. The Bertz CT molecular complexity index is 590. The van der Waals surface area contributed by atoms with Gasteiger partial charge in [-0.15, -0.1) is 0 Å². The van der Waals surface area contributed by atoms with Crippen LogP contribution in [0.2, 0.25) is 5.02 Å². The number of halogens is 1. The normalized spacial score (nSPS) is 23.3. The van der Waals surface area contributed by atoms with Crippen LogP contribution in [0, 0.1) is 6.92 Å². The van der Waals surface area contributed by atoms with Crippen LogP contribution in [0.1, 0.15) is 18.9 Å². The highest BCUT2D eigenvalue weighted by molar-refractivity contribution is 6.31. The van der Waals surface area contributed by atoms with Crippen LogP contribution in [-0.4, -0.2) is 67.1 Å². The second-order valence-corrected chi connectivity index (χ2v) is 7.09. The standard InChI is InChI=1S/C18H26ClN3O2/c1-13-11-16(3-4-17(13)19)24-14(2)18(23)22-8-5-15(12-22)21-9-6-20-7-10-21/h3-4,11,14-15,20H,5-10,12H2,1-2H3. The number of ether oxygens (including phenoxy) is 1. The summed E-state index contributed by atoms with van der Waals surface area (Å²) in [7, 11) is 0. The molecule has 2 fully saturated rings. The molecule has 2 saturated heterocycles. The van der Waals surface area contributed by atoms with Crippen molar-refractivity contribution < 1.29 is 9.53 Å². The molecule has 2 aliphatic rings. The number of piperazine rings is 1. The van der Waals surface area contributed by atoms with Gasteiger partial charge in [0.1, 0.15) is 5.75 Å². The minimum absolute atomic E-state index is 0.0697. The van der Waals surface area contributed by atoms with Crippen LogP contribution in [0.5, 0.6) is 5.75 Å². The van der Waals surface area contributed by atoms with Crippen molar-refractivity contribution in [1.82, 2.24) is 15.1 Å². The number of hydrogen-bond donors (Lipinski definition) is 1. The predicted molar refractivity (Wildman–Crippen MR) is 95.7 cm³/mol. The number of benzene rings is 1. The topological polar surface area (TPSA) is 44.8 Å². The molecule has 2 atom stereocenters. The third-order valence-corrected chi connectivity index (χ3v) is 5.36. The highest BCUT2D eigenvalue weighted by Crippen LogP contribution is 2.23. The van der Waals surface area contributed by atoms with E-state index in [2.05, 4.69) is 10.2 Å². The molecule has 0 spiro atoms. The highest BCUT2D eigenvalue weighted by Gasteiger charge is 2.33. The summed E-state index contributed by atoms with van der Waals surface area (Å²) in [6, 6.07) is 5.98. The molecule has 1 amide bonds. The minimum atomic E-state index is -0.479. The summed E-state index contributed by atoms with van der Waals surface area (Å²) in [5, 5.41) is 4.08.